The van der Waals surface area contributed by atoms with Crippen LogP contribution in [0.3, 0.4) is 0 Å². The molecule has 1 unspecified atom stereocenters. The van der Waals surface area contributed by atoms with E-state index in [9.17, 15) is 0 Å². The Morgan fingerprint density at radius 3 is 2.76 bits per heavy atom. The van der Waals surface area contributed by atoms with Gasteiger partial charge in [0.1, 0.15) is 0 Å². The third-order valence-electron chi connectivity index (χ3n) is 4.50. The molecule has 1 aliphatic rings. The normalized spacial score (nSPS) is 17.0. The predicted octanol–water partition coefficient (Wildman–Crippen LogP) is 4.90. The maximum absolute atomic E-state index is 3.61. The van der Waals surface area contributed by atoms with E-state index in [2.05, 4.69) is 61.6 Å². The molecule has 1 atom stereocenters. The van der Waals surface area contributed by atoms with Gasteiger partial charge in [0.15, 0.2) is 0 Å². The Labute approximate surface area is 128 Å². The van der Waals surface area contributed by atoms with Crippen molar-refractivity contribution in [1.29, 1.82) is 0 Å². The zero-order chi connectivity index (χ0) is 14.7. The molecule has 1 aliphatic carbocycles. The van der Waals surface area contributed by atoms with Crippen LogP contribution in [-0.2, 0) is 12.8 Å². The van der Waals surface area contributed by atoms with Crippen LogP contribution < -0.4 is 5.32 Å². The van der Waals surface area contributed by atoms with E-state index in [4.69, 9.17) is 0 Å². The second kappa shape index (κ2) is 6.44. The van der Waals surface area contributed by atoms with Gasteiger partial charge in [-0.05, 0) is 53.6 Å². The van der Waals surface area contributed by atoms with Crippen molar-refractivity contribution in [2.75, 3.05) is 6.54 Å². The van der Waals surface area contributed by atoms with Crippen molar-refractivity contribution >= 4 is 0 Å². The molecule has 1 heteroatoms. The Balaban J connectivity index is 1.99. The molecule has 2 aromatic carbocycles. The summed E-state index contributed by atoms with van der Waals surface area (Å²) in [4.78, 5) is 0. The zero-order valence-electron chi connectivity index (χ0n) is 13.2. The summed E-state index contributed by atoms with van der Waals surface area (Å²) >= 11 is 0. The molecule has 21 heavy (non-hydrogen) atoms. The molecule has 0 heterocycles. The fourth-order valence-electron chi connectivity index (χ4n) is 3.57. The van der Waals surface area contributed by atoms with Gasteiger partial charge in [0.05, 0.1) is 0 Å². The highest BCUT2D eigenvalue weighted by Gasteiger charge is 2.23. The molecule has 110 valence electrons. The van der Waals surface area contributed by atoms with Crippen molar-refractivity contribution < 1.29 is 0 Å². The average Bonchev–Trinajstić information content (AvgIpc) is 2.92. The fourth-order valence-corrected chi connectivity index (χ4v) is 3.57. The Morgan fingerprint density at radius 1 is 1.10 bits per heavy atom. The van der Waals surface area contributed by atoms with Crippen molar-refractivity contribution in [1.82, 2.24) is 5.32 Å². The van der Waals surface area contributed by atoms with Gasteiger partial charge in [-0.25, -0.2) is 0 Å². The van der Waals surface area contributed by atoms with Crippen molar-refractivity contribution in [3.8, 4) is 11.1 Å². The van der Waals surface area contributed by atoms with Crippen molar-refractivity contribution in [2.24, 2.45) is 0 Å². The number of fused-ring (bicyclic) bond motifs is 1. The van der Waals surface area contributed by atoms with E-state index in [0.29, 0.717) is 6.04 Å². The van der Waals surface area contributed by atoms with Gasteiger partial charge in [0.2, 0.25) is 0 Å². The largest absolute Gasteiger partial charge is 0.310 e. The molecule has 0 bridgehead atoms. The van der Waals surface area contributed by atoms with Gasteiger partial charge in [-0.3, -0.25) is 0 Å². The SMILES string of the molecule is CCCc1cccc(-c2cccc3c2CCC3NCC)c1. The van der Waals surface area contributed by atoms with Crippen LogP contribution in [0.15, 0.2) is 42.5 Å². The second-order valence-corrected chi connectivity index (χ2v) is 5.97. The molecular weight excluding hydrogens is 254 g/mol. The summed E-state index contributed by atoms with van der Waals surface area (Å²) in [5.74, 6) is 0. The van der Waals surface area contributed by atoms with Crippen molar-refractivity contribution in [3.05, 3.63) is 59.2 Å². The lowest BCUT2D eigenvalue weighted by molar-refractivity contribution is 0.549. The number of hydrogen-bond acceptors (Lipinski definition) is 1. The van der Waals surface area contributed by atoms with Crippen LogP contribution in [0.2, 0.25) is 0 Å². The monoisotopic (exact) mass is 279 g/mol. The van der Waals surface area contributed by atoms with Crippen LogP contribution in [0, 0.1) is 0 Å². The molecule has 2 aromatic rings. The van der Waals surface area contributed by atoms with Crippen LogP contribution in [0.1, 0.15) is 49.4 Å². The maximum Gasteiger partial charge on any atom is 0.0326 e. The molecular formula is C20H25N. The van der Waals surface area contributed by atoms with Crippen LogP contribution in [0.5, 0.6) is 0 Å². The van der Waals surface area contributed by atoms with E-state index in [0.717, 1.165) is 6.54 Å². The maximum atomic E-state index is 3.61. The molecule has 0 saturated heterocycles. The van der Waals surface area contributed by atoms with Crippen molar-refractivity contribution in [2.45, 2.75) is 45.6 Å². The van der Waals surface area contributed by atoms with Gasteiger partial charge in [-0.15, -0.1) is 0 Å². The summed E-state index contributed by atoms with van der Waals surface area (Å²) in [5.41, 5.74) is 7.34. The summed E-state index contributed by atoms with van der Waals surface area (Å²) in [5, 5.41) is 3.61. The number of hydrogen-bond donors (Lipinski definition) is 1. The highest BCUT2D eigenvalue weighted by molar-refractivity contribution is 5.70. The standard InChI is InChI=1S/C20H25N/c1-3-7-15-8-5-9-16(14-15)17-10-6-11-19-18(17)12-13-20(19)21-4-2/h5-6,8-11,14,20-21H,3-4,7,12-13H2,1-2H3. The highest BCUT2D eigenvalue weighted by atomic mass is 14.9. The second-order valence-electron chi connectivity index (χ2n) is 5.97. The summed E-state index contributed by atoms with van der Waals surface area (Å²) in [6.45, 7) is 5.48. The minimum atomic E-state index is 0.545. The summed E-state index contributed by atoms with van der Waals surface area (Å²) in [6.07, 6.45) is 4.80. The Hall–Kier alpha value is -1.60. The van der Waals surface area contributed by atoms with Gasteiger partial charge in [-0.1, -0.05) is 62.7 Å². The molecule has 0 aliphatic heterocycles. The minimum absolute atomic E-state index is 0.545. The van der Waals surface area contributed by atoms with Crippen LogP contribution in [0.4, 0.5) is 0 Å². The third kappa shape index (κ3) is 2.89. The first kappa shape index (κ1) is 14.3. The summed E-state index contributed by atoms with van der Waals surface area (Å²) in [6, 6.07) is 16.4. The van der Waals surface area contributed by atoms with Gasteiger partial charge < -0.3 is 5.32 Å². The molecule has 0 fully saturated rings. The van der Waals surface area contributed by atoms with Crippen molar-refractivity contribution in [3.63, 3.8) is 0 Å². The van der Waals surface area contributed by atoms with E-state index in [1.807, 2.05) is 0 Å². The Morgan fingerprint density at radius 2 is 1.95 bits per heavy atom. The molecule has 1 nitrogen and oxygen atoms in total. The molecule has 1 N–H and O–H groups in total. The molecule has 0 spiro atoms. The smallest absolute Gasteiger partial charge is 0.0326 e. The lowest BCUT2D eigenvalue weighted by Gasteiger charge is -2.14. The first-order valence-corrected chi connectivity index (χ1v) is 8.28. The van der Waals surface area contributed by atoms with E-state index >= 15 is 0 Å². The van der Waals surface area contributed by atoms with E-state index in [1.54, 1.807) is 5.56 Å². The topological polar surface area (TPSA) is 12.0 Å². The Bertz CT molecular complexity index is 615. The van der Waals surface area contributed by atoms with Crippen LogP contribution in [-0.4, -0.2) is 6.54 Å². The number of aryl methyl sites for hydroxylation is 1. The number of nitrogens with one attached hydrogen (secondary N) is 1. The van der Waals surface area contributed by atoms with E-state index in [-0.39, 0.29) is 0 Å². The predicted molar refractivity (Wildman–Crippen MR) is 90.6 cm³/mol. The Kier molecular flexibility index (Phi) is 4.40. The molecule has 0 aromatic heterocycles. The van der Waals surface area contributed by atoms with Crippen LogP contribution >= 0.6 is 0 Å². The number of benzene rings is 2. The first-order chi connectivity index (χ1) is 10.3. The molecule has 3 rings (SSSR count). The van der Waals surface area contributed by atoms with E-state index in [1.165, 1.54) is 47.9 Å². The molecule has 0 radical (unpaired) electrons. The fraction of sp³-hybridized carbons (Fsp3) is 0.400. The zero-order valence-corrected chi connectivity index (χ0v) is 13.2. The lowest BCUT2D eigenvalue weighted by Crippen LogP contribution is -2.18. The van der Waals surface area contributed by atoms with Gasteiger partial charge in [-0.2, -0.15) is 0 Å². The first-order valence-electron chi connectivity index (χ1n) is 8.28. The van der Waals surface area contributed by atoms with Gasteiger partial charge in [0.25, 0.3) is 0 Å². The molecule has 0 amide bonds. The minimum Gasteiger partial charge on any atom is -0.310 e. The lowest BCUT2D eigenvalue weighted by atomic mass is 9.94. The highest BCUT2D eigenvalue weighted by Crippen LogP contribution is 2.37. The third-order valence-corrected chi connectivity index (χ3v) is 4.50. The molecule has 0 saturated carbocycles. The number of rotatable bonds is 5. The average molecular weight is 279 g/mol. The van der Waals surface area contributed by atoms with Gasteiger partial charge in [0, 0.05) is 6.04 Å². The summed E-state index contributed by atoms with van der Waals surface area (Å²) in [7, 11) is 0. The van der Waals surface area contributed by atoms with Gasteiger partial charge >= 0.3 is 0 Å². The summed E-state index contributed by atoms with van der Waals surface area (Å²) < 4.78 is 0. The van der Waals surface area contributed by atoms with Crippen LogP contribution in [0.25, 0.3) is 11.1 Å². The van der Waals surface area contributed by atoms with E-state index < -0.39 is 0 Å². The quantitative estimate of drug-likeness (QED) is 0.820.